The third-order valence-electron chi connectivity index (χ3n) is 2.12. The molecule has 2 rings (SSSR count). The highest BCUT2D eigenvalue weighted by Crippen LogP contribution is 2.07. The van der Waals surface area contributed by atoms with Crippen LogP contribution in [0.4, 0.5) is 5.69 Å². The maximum absolute atomic E-state index is 11.8. The third-order valence-corrected chi connectivity index (χ3v) is 2.12. The van der Waals surface area contributed by atoms with E-state index in [1.54, 1.807) is 24.5 Å². The fourth-order valence-electron chi connectivity index (χ4n) is 1.35. The predicted octanol–water partition coefficient (Wildman–Crippen LogP) is 0.940. The lowest BCUT2D eigenvalue weighted by Crippen LogP contribution is -2.44. The number of anilines is 1. The Kier molecular flexibility index (Phi) is 2.82. The largest absolute Gasteiger partial charge is 0.322 e. The van der Waals surface area contributed by atoms with Gasteiger partial charge < -0.3 is 5.32 Å². The normalized spacial score (nSPS) is 9.75. The minimum Gasteiger partial charge on any atom is -0.322 e. The van der Waals surface area contributed by atoms with Gasteiger partial charge in [0.2, 0.25) is 6.20 Å². The van der Waals surface area contributed by atoms with E-state index in [2.05, 4.69) is 5.32 Å². The molecule has 1 aromatic heterocycles. The quantitative estimate of drug-likeness (QED) is 0.577. The maximum atomic E-state index is 11.8. The number of carbonyl (C=O) groups is 1. The van der Waals surface area contributed by atoms with Gasteiger partial charge in [0, 0.05) is 11.8 Å². The molecule has 16 heavy (non-hydrogen) atoms. The van der Waals surface area contributed by atoms with Crippen molar-refractivity contribution in [3.63, 3.8) is 0 Å². The highest BCUT2D eigenvalue weighted by Gasteiger charge is 2.09. The van der Waals surface area contributed by atoms with Gasteiger partial charge in [-0.25, -0.2) is 5.84 Å². The Balaban J connectivity index is 2.15. The molecule has 0 radical (unpaired) electrons. The molecule has 0 saturated heterocycles. The number of para-hydroxylation sites is 1. The van der Waals surface area contributed by atoms with Crippen molar-refractivity contribution in [1.82, 2.24) is 0 Å². The van der Waals surface area contributed by atoms with Crippen molar-refractivity contribution in [2.75, 3.05) is 11.2 Å². The van der Waals surface area contributed by atoms with E-state index in [9.17, 15) is 4.79 Å². The lowest BCUT2D eigenvalue weighted by Gasteiger charge is -2.02. The lowest BCUT2D eigenvalue weighted by atomic mass is 10.2. The number of aromatic nitrogens is 1. The zero-order valence-electron chi connectivity index (χ0n) is 8.63. The number of hydrogen-bond donors (Lipinski definition) is 2. The van der Waals surface area contributed by atoms with Crippen molar-refractivity contribution < 1.29 is 9.47 Å². The molecule has 1 heterocycles. The summed E-state index contributed by atoms with van der Waals surface area (Å²) in [6.45, 7) is 0. The van der Waals surface area contributed by atoms with Crippen LogP contribution in [0.15, 0.2) is 54.9 Å². The first-order chi connectivity index (χ1) is 7.75. The molecule has 80 valence electrons. The van der Waals surface area contributed by atoms with Crippen molar-refractivity contribution in [2.45, 2.75) is 0 Å². The van der Waals surface area contributed by atoms with E-state index >= 15 is 0 Å². The van der Waals surface area contributed by atoms with Crippen LogP contribution in [0, 0.1) is 0 Å². The first-order valence-electron chi connectivity index (χ1n) is 4.88. The van der Waals surface area contributed by atoms with E-state index in [1.165, 1.54) is 4.68 Å². The second-order valence-electron chi connectivity index (χ2n) is 3.36. The molecule has 0 saturated carbocycles. The number of nitrogens with two attached hydrogens (primary N) is 1. The highest BCUT2D eigenvalue weighted by molar-refractivity contribution is 6.03. The molecular weight excluding hydrogens is 202 g/mol. The molecule has 1 amide bonds. The number of amides is 1. The molecule has 0 atom stereocenters. The first-order valence-corrected chi connectivity index (χ1v) is 4.88. The Morgan fingerprint density at radius 1 is 1.12 bits per heavy atom. The van der Waals surface area contributed by atoms with E-state index in [1.807, 2.05) is 30.3 Å². The Bertz CT molecular complexity index is 497. The number of benzene rings is 1. The smallest absolute Gasteiger partial charge is 0.261 e. The van der Waals surface area contributed by atoms with Gasteiger partial charge in [0.05, 0.1) is 0 Å². The summed E-state index contributed by atoms with van der Waals surface area (Å²) >= 11 is 0. The summed E-state index contributed by atoms with van der Waals surface area (Å²) in [6.07, 6.45) is 3.23. The summed E-state index contributed by atoms with van der Waals surface area (Å²) in [4.78, 5) is 11.8. The van der Waals surface area contributed by atoms with Gasteiger partial charge >= 0.3 is 0 Å². The number of carbonyl (C=O) groups excluding carboxylic acids is 1. The molecule has 0 unspecified atom stereocenters. The standard InChI is InChI=1S/C12H11N3O/c13-15-8-4-5-10(9-15)12(16)14-11-6-2-1-3-7-11/h1-9H,13H2/p+1. The van der Waals surface area contributed by atoms with Gasteiger partial charge in [-0.15, -0.1) is 0 Å². The highest BCUT2D eigenvalue weighted by atomic mass is 16.1. The van der Waals surface area contributed by atoms with E-state index in [0.29, 0.717) is 5.56 Å². The molecule has 0 fully saturated rings. The molecule has 0 aliphatic rings. The van der Waals surface area contributed by atoms with Crippen molar-refractivity contribution >= 4 is 11.6 Å². The van der Waals surface area contributed by atoms with Crippen molar-refractivity contribution in [3.8, 4) is 0 Å². The average Bonchev–Trinajstić information content (AvgIpc) is 2.30. The van der Waals surface area contributed by atoms with Crippen LogP contribution in [0.2, 0.25) is 0 Å². The van der Waals surface area contributed by atoms with Gasteiger partial charge in [0.15, 0.2) is 6.20 Å². The number of rotatable bonds is 2. The lowest BCUT2D eigenvalue weighted by molar-refractivity contribution is -0.639. The molecule has 0 spiro atoms. The molecular formula is C12H12N3O+. The maximum Gasteiger partial charge on any atom is 0.261 e. The number of pyridine rings is 1. The van der Waals surface area contributed by atoms with E-state index in [4.69, 9.17) is 5.84 Å². The zero-order chi connectivity index (χ0) is 11.4. The van der Waals surface area contributed by atoms with Crippen LogP contribution in [0.25, 0.3) is 0 Å². The summed E-state index contributed by atoms with van der Waals surface area (Å²) in [5, 5.41) is 2.78. The first kappa shape index (κ1) is 10.2. The van der Waals surface area contributed by atoms with Crippen molar-refractivity contribution in [1.29, 1.82) is 0 Å². The summed E-state index contributed by atoms with van der Waals surface area (Å²) in [7, 11) is 0. The summed E-state index contributed by atoms with van der Waals surface area (Å²) in [5.41, 5.74) is 1.29. The molecule has 4 nitrogen and oxygen atoms in total. The molecule has 4 heteroatoms. The van der Waals surface area contributed by atoms with Gasteiger partial charge in [0.25, 0.3) is 5.91 Å². The van der Waals surface area contributed by atoms with Gasteiger partial charge in [-0.1, -0.05) is 22.9 Å². The molecule has 0 aliphatic carbocycles. The predicted molar refractivity (Wildman–Crippen MR) is 61.2 cm³/mol. The van der Waals surface area contributed by atoms with Crippen LogP contribution in [-0.4, -0.2) is 5.91 Å². The van der Waals surface area contributed by atoms with Crippen LogP contribution < -0.4 is 15.8 Å². The second-order valence-corrected chi connectivity index (χ2v) is 3.36. The van der Waals surface area contributed by atoms with Crippen LogP contribution in [0.1, 0.15) is 10.4 Å². The number of nitrogens with one attached hydrogen (secondary N) is 1. The molecule has 0 aliphatic heterocycles. The fraction of sp³-hybridized carbons (Fsp3) is 0. The van der Waals surface area contributed by atoms with Gasteiger partial charge in [-0.05, 0) is 18.2 Å². The Morgan fingerprint density at radius 3 is 2.56 bits per heavy atom. The fourth-order valence-corrected chi connectivity index (χ4v) is 1.35. The van der Waals surface area contributed by atoms with Crippen molar-refractivity contribution in [2.24, 2.45) is 0 Å². The Hall–Kier alpha value is -2.36. The van der Waals surface area contributed by atoms with E-state index in [0.717, 1.165) is 5.69 Å². The number of hydrogen-bond acceptors (Lipinski definition) is 2. The molecule has 3 N–H and O–H groups in total. The number of nitrogen functional groups attached to an aromatic ring is 1. The van der Waals surface area contributed by atoms with Gasteiger partial charge in [-0.3, -0.25) is 4.79 Å². The van der Waals surface area contributed by atoms with Crippen LogP contribution in [0.5, 0.6) is 0 Å². The molecule has 2 aromatic rings. The molecule has 1 aromatic carbocycles. The zero-order valence-corrected chi connectivity index (χ0v) is 8.63. The minimum absolute atomic E-state index is 0.175. The van der Waals surface area contributed by atoms with E-state index in [-0.39, 0.29) is 5.91 Å². The second kappa shape index (κ2) is 4.44. The summed E-state index contributed by atoms with van der Waals surface area (Å²) in [5.74, 6) is 5.35. The van der Waals surface area contributed by atoms with Crippen LogP contribution >= 0.6 is 0 Å². The third kappa shape index (κ3) is 2.36. The monoisotopic (exact) mass is 214 g/mol. The SMILES string of the molecule is N[n+]1cccc(C(=O)Nc2ccccc2)c1. The molecule has 0 bridgehead atoms. The van der Waals surface area contributed by atoms with Gasteiger partial charge in [0.1, 0.15) is 5.56 Å². The van der Waals surface area contributed by atoms with Crippen molar-refractivity contribution in [3.05, 3.63) is 60.4 Å². The summed E-state index contributed by atoms with van der Waals surface area (Å²) in [6, 6.07) is 12.7. The van der Waals surface area contributed by atoms with Gasteiger partial charge in [-0.2, -0.15) is 0 Å². The minimum atomic E-state index is -0.175. The summed E-state index contributed by atoms with van der Waals surface area (Å²) < 4.78 is 1.35. The number of nitrogens with zero attached hydrogens (tertiary/aromatic N) is 1. The van der Waals surface area contributed by atoms with Crippen LogP contribution in [-0.2, 0) is 0 Å². The van der Waals surface area contributed by atoms with E-state index < -0.39 is 0 Å². The Morgan fingerprint density at radius 2 is 1.88 bits per heavy atom. The van der Waals surface area contributed by atoms with Crippen LogP contribution in [0.3, 0.4) is 0 Å². The average molecular weight is 214 g/mol. The topological polar surface area (TPSA) is 59.0 Å². The Labute approximate surface area is 93.3 Å².